The largest absolute Gasteiger partial charge is 0.408 e. The Morgan fingerprint density at radius 1 is 1.32 bits per heavy atom. The molecule has 0 unspecified atom stereocenters. The summed E-state index contributed by atoms with van der Waals surface area (Å²) in [7, 11) is 0. The van der Waals surface area contributed by atoms with Crippen LogP contribution in [0.25, 0.3) is 0 Å². The number of halogens is 2. The van der Waals surface area contributed by atoms with Crippen LogP contribution in [0.1, 0.15) is 48.8 Å². The minimum Gasteiger partial charge on any atom is -0.408 e. The lowest BCUT2D eigenvalue weighted by molar-refractivity contribution is 0.0919. The van der Waals surface area contributed by atoms with E-state index in [1.54, 1.807) is 18.0 Å². The van der Waals surface area contributed by atoms with Crippen LogP contribution in [0.2, 0.25) is 5.02 Å². The van der Waals surface area contributed by atoms with Crippen molar-refractivity contribution in [2.45, 2.75) is 49.8 Å². The monoisotopic (exact) mass is 441 g/mol. The molecular formula is C20H25Cl2N3O2S. The van der Waals surface area contributed by atoms with Crippen molar-refractivity contribution in [3.05, 3.63) is 52.3 Å². The molecule has 152 valence electrons. The standard InChI is InChI=1S/C20H24ClN3O2S.ClH/c1-20(2,3)24-19(25)13-6-7-14(22-11-13)12-27-18-15-5-4-10-23-26-17(15)9-8-16(18)21;/h6-9,11,23H,4-5,10,12H2,1-3H3,(H,24,25);1H. The predicted molar refractivity (Wildman–Crippen MR) is 117 cm³/mol. The van der Waals surface area contributed by atoms with Crippen molar-refractivity contribution in [3.8, 4) is 5.75 Å². The molecule has 1 aliphatic rings. The van der Waals surface area contributed by atoms with Crippen molar-refractivity contribution in [2.75, 3.05) is 6.54 Å². The smallest absolute Gasteiger partial charge is 0.253 e. The molecule has 28 heavy (non-hydrogen) atoms. The van der Waals surface area contributed by atoms with Gasteiger partial charge < -0.3 is 10.2 Å². The Morgan fingerprint density at radius 3 is 2.79 bits per heavy atom. The van der Waals surface area contributed by atoms with Gasteiger partial charge in [-0.25, -0.2) is 0 Å². The summed E-state index contributed by atoms with van der Waals surface area (Å²) >= 11 is 8.08. The second kappa shape index (κ2) is 9.83. The maximum Gasteiger partial charge on any atom is 0.253 e. The maximum absolute atomic E-state index is 12.2. The van der Waals surface area contributed by atoms with Gasteiger partial charge in [0, 0.05) is 34.5 Å². The van der Waals surface area contributed by atoms with Crippen molar-refractivity contribution in [2.24, 2.45) is 0 Å². The highest BCUT2D eigenvalue weighted by Crippen LogP contribution is 2.38. The third kappa shape index (κ3) is 6.01. The normalized spacial score (nSPS) is 13.6. The summed E-state index contributed by atoms with van der Waals surface area (Å²) in [6, 6.07) is 7.46. The van der Waals surface area contributed by atoms with E-state index in [1.807, 2.05) is 45.0 Å². The number of benzene rings is 1. The number of aromatic nitrogens is 1. The zero-order valence-electron chi connectivity index (χ0n) is 16.2. The molecule has 1 amide bonds. The summed E-state index contributed by atoms with van der Waals surface area (Å²) in [6.45, 7) is 6.68. The second-order valence-corrected chi connectivity index (χ2v) is 8.88. The molecule has 0 saturated heterocycles. The Kier molecular flexibility index (Phi) is 8.01. The Balaban J connectivity index is 0.00000280. The number of fused-ring (bicyclic) bond motifs is 1. The van der Waals surface area contributed by atoms with E-state index < -0.39 is 0 Å². The summed E-state index contributed by atoms with van der Waals surface area (Å²) in [6.07, 6.45) is 3.54. The van der Waals surface area contributed by atoms with Crippen LogP contribution < -0.4 is 15.6 Å². The zero-order valence-corrected chi connectivity index (χ0v) is 18.6. The minimum atomic E-state index is -0.273. The number of rotatable bonds is 4. The van der Waals surface area contributed by atoms with E-state index in [1.165, 1.54) is 0 Å². The summed E-state index contributed by atoms with van der Waals surface area (Å²) in [5, 5.41) is 3.67. The number of carbonyl (C=O) groups is 1. The molecule has 0 saturated carbocycles. The first-order valence-corrected chi connectivity index (χ1v) is 10.3. The van der Waals surface area contributed by atoms with Crippen molar-refractivity contribution in [1.29, 1.82) is 0 Å². The molecular weight excluding hydrogens is 417 g/mol. The van der Waals surface area contributed by atoms with Crippen LogP contribution in [0.15, 0.2) is 35.4 Å². The first-order valence-electron chi connectivity index (χ1n) is 8.95. The molecule has 1 aromatic carbocycles. The van der Waals surface area contributed by atoms with Gasteiger partial charge in [0.05, 0.1) is 16.3 Å². The van der Waals surface area contributed by atoms with Gasteiger partial charge >= 0.3 is 0 Å². The summed E-state index contributed by atoms with van der Waals surface area (Å²) < 4.78 is 0. The Morgan fingerprint density at radius 2 is 2.11 bits per heavy atom. The molecule has 8 heteroatoms. The molecule has 0 spiro atoms. The van der Waals surface area contributed by atoms with Gasteiger partial charge in [-0.15, -0.1) is 24.2 Å². The summed E-state index contributed by atoms with van der Waals surface area (Å²) in [4.78, 5) is 23.3. The van der Waals surface area contributed by atoms with E-state index >= 15 is 0 Å². The van der Waals surface area contributed by atoms with E-state index in [0.29, 0.717) is 11.3 Å². The molecule has 0 radical (unpaired) electrons. The van der Waals surface area contributed by atoms with E-state index in [4.69, 9.17) is 16.4 Å². The Hall–Kier alpha value is -1.47. The molecule has 5 nitrogen and oxygen atoms in total. The maximum atomic E-state index is 12.2. The van der Waals surface area contributed by atoms with E-state index in [-0.39, 0.29) is 23.9 Å². The lowest BCUT2D eigenvalue weighted by Gasteiger charge is -2.20. The molecule has 0 bridgehead atoms. The fourth-order valence-electron chi connectivity index (χ4n) is 2.74. The highest BCUT2D eigenvalue weighted by Gasteiger charge is 2.18. The molecule has 0 atom stereocenters. The van der Waals surface area contributed by atoms with Gasteiger partial charge in [0.2, 0.25) is 0 Å². The minimum absolute atomic E-state index is 0. The third-order valence-corrected chi connectivity index (χ3v) is 5.62. The van der Waals surface area contributed by atoms with Crippen molar-refractivity contribution >= 4 is 41.7 Å². The van der Waals surface area contributed by atoms with Crippen LogP contribution >= 0.6 is 35.8 Å². The van der Waals surface area contributed by atoms with E-state index in [2.05, 4.69) is 15.8 Å². The molecule has 2 heterocycles. The number of pyridine rings is 1. The first-order chi connectivity index (χ1) is 12.8. The zero-order chi connectivity index (χ0) is 19.4. The highest BCUT2D eigenvalue weighted by molar-refractivity contribution is 7.98. The van der Waals surface area contributed by atoms with Crippen LogP contribution in [0.3, 0.4) is 0 Å². The van der Waals surface area contributed by atoms with Crippen LogP contribution in [0.5, 0.6) is 5.75 Å². The average molecular weight is 442 g/mol. The number of thioether (sulfide) groups is 1. The number of carbonyl (C=O) groups excluding carboxylic acids is 1. The number of nitrogens with zero attached hydrogens (tertiary/aromatic N) is 1. The van der Waals surface area contributed by atoms with E-state index in [9.17, 15) is 4.79 Å². The molecule has 1 aromatic heterocycles. The molecule has 3 rings (SSSR count). The Labute approximate surface area is 181 Å². The number of hydroxylamine groups is 1. The van der Waals surface area contributed by atoms with Crippen molar-refractivity contribution in [1.82, 2.24) is 15.8 Å². The lowest BCUT2D eigenvalue weighted by atomic mass is 10.1. The van der Waals surface area contributed by atoms with Gasteiger partial charge in [0.25, 0.3) is 5.91 Å². The van der Waals surface area contributed by atoms with Gasteiger partial charge in [0.1, 0.15) is 0 Å². The molecule has 2 aromatic rings. The second-order valence-electron chi connectivity index (χ2n) is 7.48. The molecule has 1 aliphatic heterocycles. The molecule has 0 fully saturated rings. The van der Waals surface area contributed by atoms with Crippen LogP contribution in [-0.2, 0) is 12.2 Å². The SMILES string of the molecule is CC(C)(C)NC(=O)c1ccc(CSc2c(Cl)ccc3c2CCCNO3)nc1.Cl. The van der Waals surface area contributed by atoms with Gasteiger partial charge in [-0.05, 0) is 57.9 Å². The van der Waals surface area contributed by atoms with Crippen molar-refractivity contribution < 1.29 is 9.63 Å². The number of hydrogen-bond donors (Lipinski definition) is 2. The van der Waals surface area contributed by atoms with Crippen LogP contribution in [0.4, 0.5) is 0 Å². The number of amides is 1. The van der Waals surface area contributed by atoms with Crippen LogP contribution in [-0.4, -0.2) is 23.0 Å². The highest BCUT2D eigenvalue weighted by atomic mass is 35.5. The molecule has 0 aliphatic carbocycles. The predicted octanol–water partition coefficient (Wildman–Crippen LogP) is 4.81. The first kappa shape index (κ1) is 22.8. The quantitative estimate of drug-likeness (QED) is 0.666. The van der Waals surface area contributed by atoms with Gasteiger partial charge in [0.15, 0.2) is 5.75 Å². The van der Waals surface area contributed by atoms with Gasteiger partial charge in [-0.1, -0.05) is 11.6 Å². The molecule has 2 N–H and O–H groups in total. The lowest BCUT2D eigenvalue weighted by Crippen LogP contribution is -2.40. The summed E-state index contributed by atoms with van der Waals surface area (Å²) in [5.41, 5.74) is 5.28. The van der Waals surface area contributed by atoms with Gasteiger partial charge in [-0.3, -0.25) is 9.78 Å². The fraction of sp³-hybridized carbons (Fsp3) is 0.400. The van der Waals surface area contributed by atoms with E-state index in [0.717, 1.165) is 46.3 Å². The van der Waals surface area contributed by atoms with Crippen molar-refractivity contribution in [3.63, 3.8) is 0 Å². The summed E-state index contributed by atoms with van der Waals surface area (Å²) in [5.74, 6) is 1.39. The number of nitrogens with one attached hydrogen (secondary N) is 2. The Bertz CT molecular complexity index is 823. The topological polar surface area (TPSA) is 63.2 Å². The third-order valence-electron chi connectivity index (χ3n) is 4.00. The fourth-order valence-corrected chi connectivity index (χ4v) is 4.13. The van der Waals surface area contributed by atoms with Gasteiger partial charge in [-0.2, -0.15) is 5.48 Å². The van der Waals surface area contributed by atoms with Crippen LogP contribution in [0, 0.1) is 0 Å². The average Bonchev–Trinajstić information content (AvgIpc) is 2.85. The number of hydrogen-bond acceptors (Lipinski definition) is 5.